The minimum Gasteiger partial charge on any atom is -0.478 e. The third-order valence-corrected chi connectivity index (χ3v) is 2.38. The Labute approximate surface area is 101 Å². The predicted molar refractivity (Wildman–Crippen MR) is 67.1 cm³/mol. The highest BCUT2D eigenvalue weighted by atomic mass is 16.5. The average molecular weight is 234 g/mol. The van der Waals surface area contributed by atoms with Gasteiger partial charge in [0.2, 0.25) is 5.88 Å². The fourth-order valence-electron chi connectivity index (χ4n) is 1.62. The number of nitrogens with one attached hydrogen (secondary N) is 2. The molecule has 0 fully saturated rings. The number of imidazole rings is 1. The van der Waals surface area contributed by atoms with Gasteiger partial charge in [-0.2, -0.15) is 4.98 Å². The molecule has 2 aromatic heterocycles. The number of H-pyrrole nitrogens is 1. The van der Waals surface area contributed by atoms with Crippen molar-refractivity contribution >= 4 is 11.2 Å². The molecule has 5 heteroatoms. The second-order valence-corrected chi connectivity index (χ2v) is 3.81. The molecule has 17 heavy (non-hydrogen) atoms. The largest absolute Gasteiger partial charge is 0.478 e. The fourth-order valence-corrected chi connectivity index (χ4v) is 1.62. The van der Waals surface area contributed by atoms with Gasteiger partial charge in [0.15, 0.2) is 5.65 Å². The number of aromatic nitrogens is 3. The normalized spacial score (nSPS) is 10.9. The molecule has 0 bridgehead atoms. The van der Waals surface area contributed by atoms with Crippen molar-refractivity contribution < 1.29 is 4.74 Å². The molecule has 0 atom stereocenters. The number of rotatable bonds is 6. The smallest absolute Gasteiger partial charge is 0.215 e. The van der Waals surface area contributed by atoms with Crippen LogP contribution in [0.1, 0.15) is 26.1 Å². The molecule has 92 valence electrons. The summed E-state index contributed by atoms with van der Waals surface area (Å²) in [5.41, 5.74) is 1.66. The van der Waals surface area contributed by atoms with Crippen LogP contribution >= 0.6 is 0 Å². The summed E-state index contributed by atoms with van der Waals surface area (Å²) >= 11 is 0. The molecule has 0 spiro atoms. The molecule has 0 amide bonds. The molecule has 2 rings (SSSR count). The lowest BCUT2D eigenvalue weighted by atomic mass is 10.4. The molecule has 0 aliphatic rings. The van der Waals surface area contributed by atoms with E-state index < -0.39 is 0 Å². The van der Waals surface area contributed by atoms with E-state index in [4.69, 9.17) is 4.74 Å². The fraction of sp³-hybridized carbons (Fsp3) is 0.500. The van der Waals surface area contributed by atoms with Crippen molar-refractivity contribution in [2.45, 2.75) is 26.8 Å². The van der Waals surface area contributed by atoms with Crippen molar-refractivity contribution in [3.05, 3.63) is 18.0 Å². The monoisotopic (exact) mass is 234 g/mol. The van der Waals surface area contributed by atoms with Crippen LogP contribution in [0.25, 0.3) is 11.2 Å². The van der Waals surface area contributed by atoms with Crippen LogP contribution in [0.2, 0.25) is 0 Å². The van der Waals surface area contributed by atoms with Crippen molar-refractivity contribution in [3.63, 3.8) is 0 Å². The van der Waals surface area contributed by atoms with Gasteiger partial charge < -0.3 is 15.0 Å². The van der Waals surface area contributed by atoms with Gasteiger partial charge in [0.25, 0.3) is 0 Å². The van der Waals surface area contributed by atoms with E-state index in [1.165, 1.54) is 0 Å². The lowest BCUT2D eigenvalue weighted by molar-refractivity contribution is 0.328. The quantitative estimate of drug-likeness (QED) is 0.749. The Morgan fingerprint density at radius 1 is 1.29 bits per heavy atom. The summed E-state index contributed by atoms with van der Waals surface area (Å²) < 4.78 is 5.34. The van der Waals surface area contributed by atoms with Gasteiger partial charge in [0, 0.05) is 6.07 Å². The van der Waals surface area contributed by atoms with Gasteiger partial charge in [-0.15, -0.1) is 0 Å². The predicted octanol–water partition coefficient (Wildman–Crippen LogP) is 1.86. The van der Waals surface area contributed by atoms with Crippen LogP contribution in [0.15, 0.2) is 12.1 Å². The first-order valence-electron chi connectivity index (χ1n) is 6.02. The van der Waals surface area contributed by atoms with Crippen molar-refractivity contribution in [3.8, 4) is 5.88 Å². The van der Waals surface area contributed by atoms with E-state index in [0.717, 1.165) is 30.9 Å². The van der Waals surface area contributed by atoms with E-state index in [0.29, 0.717) is 18.1 Å². The zero-order valence-electron chi connectivity index (χ0n) is 10.3. The summed E-state index contributed by atoms with van der Waals surface area (Å²) in [6.45, 7) is 6.44. The molecule has 0 unspecified atom stereocenters. The Balaban J connectivity index is 2.12. The Morgan fingerprint density at radius 2 is 2.18 bits per heavy atom. The molecule has 0 aromatic carbocycles. The molecule has 5 nitrogen and oxygen atoms in total. The molecule has 0 saturated heterocycles. The SMILES string of the molecule is CCCNCc1nc2nc(OCC)ccc2[nH]1. The molecule has 2 heterocycles. The van der Waals surface area contributed by atoms with Gasteiger partial charge in [-0.25, -0.2) is 4.98 Å². The minimum absolute atomic E-state index is 0.619. The maximum atomic E-state index is 5.34. The summed E-state index contributed by atoms with van der Waals surface area (Å²) in [6.07, 6.45) is 1.12. The van der Waals surface area contributed by atoms with Gasteiger partial charge in [-0.1, -0.05) is 6.92 Å². The van der Waals surface area contributed by atoms with E-state index in [9.17, 15) is 0 Å². The van der Waals surface area contributed by atoms with Crippen molar-refractivity contribution in [2.24, 2.45) is 0 Å². The number of ether oxygens (including phenoxy) is 1. The minimum atomic E-state index is 0.619. The van der Waals surface area contributed by atoms with Crippen LogP contribution in [0.3, 0.4) is 0 Å². The zero-order chi connectivity index (χ0) is 12.1. The Hall–Kier alpha value is -1.62. The number of pyridine rings is 1. The zero-order valence-corrected chi connectivity index (χ0v) is 10.3. The number of hydrogen-bond acceptors (Lipinski definition) is 4. The average Bonchev–Trinajstić information content (AvgIpc) is 2.72. The van der Waals surface area contributed by atoms with Crippen molar-refractivity contribution in [1.29, 1.82) is 0 Å². The van der Waals surface area contributed by atoms with Gasteiger partial charge in [0.1, 0.15) is 5.82 Å². The molecular weight excluding hydrogens is 216 g/mol. The number of nitrogens with zero attached hydrogens (tertiary/aromatic N) is 2. The molecule has 2 N–H and O–H groups in total. The van der Waals surface area contributed by atoms with Crippen LogP contribution in [-0.4, -0.2) is 28.1 Å². The molecular formula is C12H18N4O. The van der Waals surface area contributed by atoms with Crippen LogP contribution in [0, 0.1) is 0 Å². The third kappa shape index (κ3) is 2.94. The van der Waals surface area contributed by atoms with Gasteiger partial charge >= 0.3 is 0 Å². The first kappa shape index (κ1) is 11.9. The van der Waals surface area contributed by atoms with E-state index >= 15 is 0 Å². The highest BCUT2D eigenvalue weighted by Gasteiger charge is 2.05. The van der Waals surface area contributed by atoms with Crippen molar-refractivity contribution in [1.82, 2.24) is 20.3 Å². The maximum absolute atomic E-state index is 5.34. The van der Waals surface area contributed by atoms with Gasteiger partial charge in [0.05, 0.1) is 18.7 Å². The van der Waals surface area contributed by atoms with Gasteiger partial charge in [-0.05, 0) is 26.0 Å². The second kappa shape index (κ2) is 5.63. The number of aromatic amines is 1. The van der Waals surface area contributed by atoms with Crippen LogP contribution in [0.4, 0.5) is 0 Å². The van der Waals surface area contributed by atoms with Gasteiger partial charge in [-0.3, -0.25) is 0 Å². The molecule has 0 aliphatic carbocycles. The first-order chi connectivity index (χ1) is 8.33. The summed E-state index contributed by atoms with van der Waals surface area (Å²) in [7, 11) is 0. The highest BCUT2D eigenvalue weighted by molar-refractivity contribution is 5.71. The number of fused-ring (bicyclic) bond motifs is 1. The summed E-state index contributed by atoms with van der Waals surface area (Å²) in [4.78, 5) is 12.0. The van der Waals surface area contributed by atoms with E-state index in [1.807, 2.05) is 19.1 Å². The molecule has 0 saturated carbocycles. The second-order valence-electron chi connectivity index (χ2n) is 3.81. The van der Waals surface area contributed by atoms with Crippen LogP contribution < -0.4 is 10.1 Å². The molecule has 0 radical (unpaired) electrons. The third-order valence-electron chi connectivity index (χ3n) is 2.38. The van der Waals surface area contributed by atoms with Crippen molar-refractivity contribution in [2.75, 3.05) is 13.2 Å². The van der Waals surface area contributed by atoms with Crippen LogP contribution in [0.5, 0.6) is 5.88 Å². The lowest BCUT2D eigenvalue weighted by Gasteiger charge is -1.99. The van der Waals surface area contributed by atoms with E-state index in [-0.39, 0.29) is 0 Å². The topological polar surface area (TPSA) is 62.8 Å². The number of hydrogen-bond donors (Lipinski definition) is 2. The Kier molecular flexibility index (Phi) is 3.93. The summed E-state index contributed by atoms with van der Waals surface area (Å²) in [5, 5.41) is 3.30. The molecule has 2 aromatic rings. The van der Waals surface area contributed by atoms with E-state index in [2.05, 4.69) is 27.2 Å². The molecule has 0 aliphatic heterocycles. The first-order valence-corrected chi connectivity index (χ1v) is 6.02. The lowest BCUT2D eigenvalue weighted by Crippen LogP contribution is -2.14. The standard InChI is InChI=1S/C12H18N4O/c1-3-7-13-8-10-14-9-5-6-11(17-4-2)16-12(9)15-10/h5-6,13H,3-4,7-8H2,1-2H3,(H,14,15,16). The summed E-state index contributed by atoms with van der Waals surface area (Å²) in [6, 6.07) is 3.80. The van der Waals surface area contributed by atoms with Crippen LogP contribution in [-0.2, 0) is 6.54 Å². The highest BCUT2D eigenvalue weighted by Crippen LogP contribution is 2.14. The maximum Gasteiger partial charge on any atom is 0.215 e. The summed E-state index contributed by atoms with van der Waals surface area (Å²) in [5.74, 6) is 1.54. The van der Waals surface area contributed by atoms with E-state index in [1.54, 1.807) is 0 Å². The Bertz CT molecular complexity index is 480. The Morgan fingerprint density at radius 3 is 2.94 bits per heavy atom.